The zero-order valence-electron chi connectivity index (χ0n) is 13.0. The highest BCUT2D eigenvalue weighted by Crippen LogP contribution is 2.34. The van der Waals surface area contributed by atoms with Crippen molar-refractivity contribution >= 4 is 17.8 Å². The Labute approximate surface area is 131 Å². The fourth-order valence-electron chi connectivity index (χ4n) is 2.42. The van der Waals surface area contributed by atoms with Crippen molar-refractivity contribution in [1.29, 1.82) is 0 Å². The van der Waals surface area contributed by atoms with Crippen molar-refractivity contribution in [2.75, 3.05) is 5.73 Å². The van der Waals surface area contributed by atoms with Gasteiger partial charge in [-0.05, 0) is 6.42 Å². The molecule has 10 heteroatoms. The van der Waals surface area contributed by atoms with Crippen molar-refractivity contribution in [3.8, 4) is 0 Å². The maximum atomic E-state index is 12.0. The maximum Gasteiger partial charge on any atom is 0.368 e. The Morgan fingerprint density at radius 1 is 1.30 bits per heavy atom. The van der Waals surface area contributed by atoms with Gasteiger partial charge in [0.05, 0.1) is 6.20 Å². The zero-order valence-corrected chi connectivity index (χ0v) is 13.0. The van der Waals surface area contributed by atoms with E-state index in [1.54, 1.807) is 0 Å². The van der Waals surface area contributed by atoms with E-state index in [2.05, 4.69) is 10.1 Å². The summed E-state index contributed by atoms with van der Waals surface area (Å²) in [5, 5.41) is 3.86. The van der Waals surface area contributed by atoms with Crippen LogP contribution in [0.25, 0.3) is 0 Å². The van der Waals surface area contributed by atoms with Gasteiger partial charge in [0.1, 0.15) is 11.9 Å². The Hall–Kier alpha value is -2.49. The van der Waals surface area contributed by atoms with Crippen molar-refractivity contribution in [3.63, 3.8) is 0 Å². The normalized spacial score (nSPS) is 26.7. The predicted molar refractivity (Wildman–Crippen MR) is 76.0 cm³/mol. The molecule has 1 unspecified atom stereocenters. The van der Waals surface area contributed by atoms with Gasteiger partial charge in [-0.25, -0.2) is 4.79 Å². The van der Waals surface area contributed by atoms with Gasteiger partial charge in [0.2, 0.25) is 0 Å². The summed E-state index contributed by atoms with van der Waals surface area (Å²) in [6, 6.07) is 0. The summed E-state index contributed by atoms with van der Waals surface area (Å²) >= 11 is 0. The summed E-state index contributed by atoms with van der Waals surface area (Å²) in [7, 11) is 0. The molecular weight excluding hydrogens is 308 g/mol. The number of hydrogen-bond donors (Lipinski definition) is 1. The second kappa shape index (κ2) is 6.73. The van der Waals surface area contributed by atoms with Crippen molar-refractivity contribution in [2.24, 2.45) is 0 Å². The molecule has 4 atom stereocenters. The summed E-state index contributed by atoms with van der Waals surface area (Å²) in [6.45, 7) is 4.25. The minimum Gasteiger partial charge on any atom is -0.456 e. The monoisotopic (exact) mass is 326 g/mol. The van der Waals surface area contributed by atoms with Crippen LogP contribution < -0.4 is 11.4 Å². The molecule has 0 spiro atoms. The average molecular weight is 326 g/mol. The molecule has 2 heterocycles. The minimum atomic E-state index is -1.06. The molecule has 0 radical (unpaired) electrons. The topological polar surface area (TPSA) is 136 Å². The number of nitrogens with two attached hydrogens (primary N) is 1. The third-order valence-electron chi connectivity index (χ3n) is 3.27. The number of hydrogen-bond acceptors (Lipinski definition) is 9. The molecule has 1 aromatic rings. The van der Waals surface area contributed by atoms with Crippen LogP contribution in [0.3, 0.4) is 0 Å². The van der Waals surface area contributed by atoms with Gasteiger partial charge in [-0.15, -0.1) is 0 Å². The summed E-state index contributed by atoms with van der Waals surface area (Å²) < 4.78 is 17.0. The highest BCUT2D eigenvalue weighted by Gasteiger charge is 2.50. The molecule has 0 aromatic carbocycles. The number of nitrogen functional groups attached to an aromatic ring is 1. The molecule has 1 aliphatic rings. The Morgan fingerprint density at radius 2 is 1.91 bits per heavy atom. The summed E-state index contributed by atoms with van der Waals surface area (Å²) in [6.07, 6.45) is -1.83. The van der Waals surface area contributed by atoms with Crippen LogP contribution in [0.5, 0.6) is 0 Å². The third kappa shape index (κ3) is 3.65. The lowest BCUT2D eigenvalue weighted by Gasteiger charge is -2.23. The van der Waals surface area contributed by atoms with Crippen molar-refractivity contribution in [3.05, 3.63) is 16.7 Å². The van der Waals surface area contributed by atoms with E-state index < -0.39 is 42.2 Å². The largest absolute Gasteiger partial charge is 0.456 e. The van der Waals surface area contributed by atoms with Gasteiger partial charge in [-0.3, -0.25) is 9.59 Å². The van der Waals surface area contributed by atoms with E-state index in [1.165, 1.54) is 20.0 Å². The summed E-state index contributed by atoms with van der Waals surface area (Å²) in [5.41, 5.74) is 4.65. The number of carbonyl (C=O) groups excluding carboxylic acids is 2. The van der Waals surface area contributed by atoms with E-state index in [0.29, 0.717) is 6.42 Å². The van der Waals surface area contributed by atoms with Crippen LogP contribution in [0.1, 0.15) is 33.4 Å². The molecule has 1 aliphatic heterocycles. The quantitative estimate of drug-likeness (QED) is 0.718. The van der Waals surface area contributed by atoms with Gasteiger partial charge < -0.3 is 19.9 Å². The lowest BCUT2D eigenvalue weighted by Crippen LogP contribution is -2.41. The Bertz CT molecular complexity index is 660. The number of nitrogens with zero attached hydrogens (tertiary/aromatic N) is 3. The van der Waals surface area contributed by atoms with Crippen LogP contribution >= 0.6 is 0 Å². The van der Waals surface area contributed by atoms with Crippen LogP contribution in [-0.4, -0.2) is 45.0 Å². The van der Waals surface area contributed by atoms with E-state index in [9.17, 15) is 14.4 Å². The van der Waals surface area contributed by atoms with Gasteiger partial charge in [0.15, 0.2) is 18.4 Å². The predicted octanol–water partition coefficient (Wildman–Crippen LogP) is -0.609. The average Bonchev–Trinajstić information content (AvgIpc) is 2.76. The Kier molecular flexibility index (Phi) is 4.94. The fraction of sp³-hybridized carbons (Fsp3) is 0.615. The molecule has 2 N–H and O–H groups in total. The van der Waals surface area contributed by atoms with E-state index >= 15 is 0 Å². The first-order valence-corrected chi connectivity index (χ1v) is 7.04. The minimum absolute atomic E-state index is 0.0446. The number of ether oxygens (including phenoxy) is 3. The first-order valence-electron chi connectivity index (χ1n) is 7.04. The molecule has 0 amide bonds. The molecule has 23 heavy (non-hydrogen) atoms. The molecule has 1 saturated heterocycles. The molecular formula is C13H18N4O6. The molecule has 0 bridgehead atoms. The lowest BCUT2D eigenvalue weighted by atomic mass is 10.1. The first-order chi connectivity index (χ1) is 10.8. The molecule has 2 rings (SSSR count). The highest BCUT2D eigenvalue weighted by molar-refractivity contribution is 5.67. The summed E-state index contributed by atoms with van der Waals surface area (Å²) in [5.74, 6) is -1.20. The van der Waals surface area contributed by atoms with E-state index in [-0.39, 0.29) is 5.82 Å². The van der Waals surface area contributed by atoms with Gasteiger partial charge in [0, 0.05) is 13.8 Å². The van der Waals surface area contributed by atoms with Gasteiger partial charge >= 0.3 is 17.6 Å². The van der Waals surface area contributed by atoms with Crippen LogP contribution in [0.15, 0.2) is 11.0 Å². The number of esters is 2. The van der Waals surface area contributed by atoms with Gasteiger partial charge in [-0.2, -0.15) is 14.8 Å². The molecule has 1 fully saturated rings. The van der Waals surface area contributed by atoms with Crippen molar-refractivity contribution in [1.82, 2.24) is 14.8 Å². The number of anilines is 1. The molecule has 1 aromatic heterocycles. The van der Waals surface area contributed by atoms with Crippen molar-refractivity contribution in [2.45, 2.75) is 51.7 Å². The zero-order chi connectivity index (χ0) is 17.1. The molecule has 126 valence electrons. The molecule has 0 aliphatic carbocycles. The fourth-order valence-corrected chi connectivity index (χ4v) is 2.42. The standard InChI is InChI=1S/C13H18N4O6/c1-4-8-10(21-6(2)18)11(22-7(3)19)12(23-8)17-13(20)16-9(14)5-15-17/h5,8,10-12H,4H2,1-3H3,(H2,14,16,20)/t8-,10?,11+,12-/m1/s1. The second-order valence-corrected chi connectivity index (χ2v) is 5.03. The smallest absolute Gasteiger partial charge is 0.368 e. The second-order valence-electron chi connectivity index (χ2n) is 5.03. The number of aromatic nitrogens is 3. The Balaban J connectivity index is 2.41. The third-order valence-corrected chi connectivity index (χ3v) is 3.27. The van der Waals surface area contributed by atoms with E-state index in [4.69, 9.17) is 19.9 Å². The van der Waals surface area contributed by atoms with Crippen LogP contribution in [0, 0.1) is 0 Å². The SMILES string of the molecule is CC[C@H]1O[C@@H](n2ncc(N)nc2=O)[C@@H](OC(C)=O)C1OC(C)=O. The molecule has 0 saturated carbocycles. The van der Waals surface area contributed by atoms with Crippen LogP contribution in [0.2, 0.25) is 0 Å². The first kappa shape index (κ1) is 16.9. The van der Waals surface area contributed by atoms with Crippen molar-refractivity contribution < 1.29 is 23.8 Å². The van der Waals surface area contributed by atoms with Crippen LogP contribution in [0.4, 0.5) is 5.82 Å². The van der Waals surface area contributed by atoms with Gasteiger partial charge in [0.25, 0.3) is 0 Å². The lowest BCUT2D eigenvalue weighted by molar-refractivity contribution is -0.165. The molecule has 10 nitrogen and oxygen atoms in total. The van der Waals surface area contributed by atoms with E-state index in [1.807, 2.05) is 6.92 Å². The van der Waals surface area contributed by atoms with E-state index in [0.717, 1.165) is 4.68 Å². The maximum absolute atomic E-state index is 12.0. The van der Waals surface area contributed by atoms with Crippen LogP contribution in [-0.2, 0) is 23.8 Å². The summed E-state index contributed by atoms with van der Waals surface area (Å²) in [4.78, 5) is 38.2. The number of rotatable bonds is 4. The highest BCUT2D eigenvalue weighted by atomic mass is 16.6. The van der Waals surface area contributed by atoms with Gasteiger partial charge in [-0.1, -0.05) is 6.92 Å². The Morgan fingerprint density at radius 3 is 2.43 bits per heavy atom. The number of carbonyl (C=O) groups is 2.